The van der Waals surface area contributed by atoms with Crippen molar-refractivity contribution < 1.29 is 9.53 Å². The van der Waals surface area contributed by atoms with Crippen LogP contribution >= 0.6 is 36.4 Å². The Balaban J connectivity index is 0.00000264. The van der Waals surface area contributed by atoms with Crippen molar-refractivity contribution in [2.45, 2.75) is 31.7 Å². The van der Waals surface area contributed by atoms with Gasteiger partial charge in [0.25, 0.3) is 0 Å². The molecule has 0 aliphatic heterocycles. The van der Waals surface area contributed by atoms with E-state index < -0.39 is 0 Å². The molecule has 0 aromatic heterocycles. The first-order valence-corrected chi connectivity index (χ1v) is 7.95. The molecular formula is C16H26Cl3N3O2. The number of amides is 1. The van der Waals surface area contributed by atoms with Gasteiger partial charge in [0.05, 0.1) is 18.3 Å². The molecular weight excluding hydrogens is 373 g/mol. The van der Waals surface area contributed by atoms with Crippen LogP contribution in [0, 0.1) is 5.92 Å². The van der Waals surface area contributed by atoms with E-state index in [2.05, 4.69) is 10.6 Å². The Labute approximate surface area is 160 Å². The molecule has 5 nitrogen and oxygen atoms in total. The number of rotatable bonds is 8. The van der Waals surface area contributed by atoms with Crippen LogP contribution in [-0.4, -0.2) is 31.6 Å². The van der Waals surface area contributed by atoms with Crippen molar-refractivity contribution in [1.29, 1.82) is 0 Å². The largest absolute Gasteiger partial charge is 0.495 e. The minimum Gasteiger partial charge on any atom is -0.495 e. The molecule has 1 amide bonds. The van der Waals surface area contributed by atoms with Crippen LogP contribution in [0.3, 0.4) is 0 Å². The van der Waals surface area contributed by atoms with Crippen molar-refractivity contribution in [2.24, 2.45) is 11.7 Å². The summed E-state index contributed by atoms with van der Waals surface area (Å²) in [6.45, 7) is 3.00. The molecule has 1 unspecified atom stereocenters. The van der Waals surface area contributed by atoms with Gasteiger partial charge in [-0.25, -0.2) is 0 Å². The first-order valence-electron chi connectivity index (χ1n) is 7.57. The number of anilines is 1. The molecule has 1 atom stereocenters. The van der Waals surface area contributed by atoms with Crippen LogP contribution in [0.2, 0.25) is 5.02 Å². The summed E-state index contributed by atoms with van der Waals surface area (Å²) in [6, 6.07) is 5.34. The highest BCUT2D eigenvalue weighted by Crippen LogP contribution is 2.39. The lowest BCUT2D eigenvalue weighted by Crippen LogP contribution is -2.53. The van der Waals surface area contributed by atoms with Crippen LogP contribution in [0.15, 0.2) is 18.2 Å². The third-order valence-corrected chi connectivity index (χ3v) is 4.39. The molecule has 1 saturated carbocycles. The van der Waals surface area contributed by atoms with Gasteiger partial charge in [0.1, 0.15) is 5.75 Å². The average molecular weight is 399 g/mol. The standard InChI is InChI=1S/C16H24ClN3O2.2ClH/c1-16(10-18,11-3-4-11)20-15(21)7-8-19-13-9-12(17)5-6-14(13)22-2;;/h5-6,9,11,19H,3-4,7-8,10,18H2,1-2H3,(H,20,21);2*1H. The summed E-state index contributed by atoms with van der Waals surface area (Å²) in [6.07, 6.45) is 2.66. The lowest BCUT2D eigenvalue weighted by atomic mass is 9.96. The number of benzene rings is 1. The maximum Gasteiger partial charge on any atom is 0.222 e. The summed E-state index contributed by atoms with van der Waals surface area (Å²) >= 11 is 5.97. The summed E-state index contributed by atoms with van der Waals surface area (Å²) in [4.78, 5) is 12.1. The van der Waals surface area contributed by atoms with E-state index in [1.165, 1.54) is 0 Å². The van der Waals surface area contributed by atoms with Crippen molar-refractivity contribution in [3.63, 3.8) is 0 Å². The fraction of sp³-hybridized carbons (Fsp3) is 0.562. The van der Waals surface area contributed by atoms with Crippen molar-refractivity contribution in [2.75, 3.05) is 25.5 Å². The van der Waals surface area contributed by atoms with E-state index in [9.17, 15) is 4.79 Å². The third-order valence-electron chi connectivity index (χ3n) is 4.16. The molecule has 1 aliphatic rings. The van der Waals surface area contributed by atoms with Gasteiger partial charge in [-0.05, 0) is 43.9 Å². The molecule has 2 rings (SSSR count). The van der Waals surface area contributed by atoms with Gasteiger partial charge in [-0.1, -0.05) is 11.6 Å². The Bertz CT molecular complexity index is 541. The number of carbonyl (C=O) groups is 1. The first-order chi connectivity index (χ1) is 10.5. The summed E-state index contributed by atoms with van der Waals surface area (Å²) in [5, 5.41) is 6.88. The van der Waals surface area contributed by atoms with E-state index in [0.29, 0.717) is 36.2 Å². The molecule has 4 N–H and O–H groups in total. The van der Waals surface area contributed by atoms with Crippen molar-refractivity contribution >= 4 is 48.0 Å². The molecule has 0 radical (unpaired) electrons. The highest BCUT2D eigenvalue weighted by Gasteiger charge is 2.41. The fourth-order valence-electron chi connectivity index (χ4n) is 2.55. The maximum absolute atomic E-state index is 12.1. The van der Waals surface area contributed by atoms with Crippen LogP contribution < -0.4 is 21.1 Å². The molecule has 1 fully saturated rings. The minimum atomic E-state index is -0.273. The number of hydrogen-bond acceptors (Lipinski definition) is 4. The molecule has 0 heterocycles. The lowest BCUT2D eigenvalue weighted by molar-refractivity contribution is -0.122. The molecule has 8 heteroatoms. The van der Waals surface area contributed by atoms with Gasteiger partial charge in [-0.3, -0.25) is 4.79 Å². The monoisotopic (exact) mass is 397 g/mol. The highest BCUT2D eigenvalue weighted by atomic mass is 35.5. The highest BCUT2D eigenvalue weighted by molar-refractivity contribution is 6.30. The van der Waals surface area contributed by atoms with Crippen LogP contribution in [-0.2, 0) is 4.79 Å². The molecule has 0 bridgehead atoms. The summed E-state index contributed by atoms with van der Waals surface area (Å²) in [5.41, 5.74) is 6.32. The predicted molar refractivity (Wildman–Crippen MR) is 104 cm³/mol. The number of hydrogen-bond donors (Lipinski definition) is 3. The molecule has 0 saturated heterocycles. The fourth-order valence-corrected chi connectivity index (χ4v) is 2.72. The predicted octanol–water partition coefficient (Wildman–Crippen LogP) is 3.24. The van der Waals surface area contributed by atoms with E-state index in [4.69, 9.17) is 22.1 Å². The zero-order valence-corrected chi connectivity index (χ0v) is 16.3. The second kappa shape index (κ2) is 10.2. The van der Waals surface area contributed by atoms with E-state index in [1.807, 2.05) is 6.92 Å². The van der Waals surface area contributed by atoms with Gasteiger partial charge in [-0.15, -0.1) is 24.8 Å². The number of ether oxygens (including phenoxy) is 1. The number of nitrogens with two attached hydrogens (primary N) is 1. The van der Waals surface area contributed by atoms with Crippen molar-refractivity contribution in [1.82, 2.24) is 5.32 Å². The van der Waals surface area contributed by atoms with E-state index >= 15 is 0 Å². The van der Waals surface area contributed by atoms with Crippen molar-refractivity contribution in [3.8, 4) is 5.75 Å². The summed E-state index contributed by atoms with van der Waals surface area (Å²) < 4.78 is 5.26. The third kappa shape index (κ3) is 6.20. The van der Waals surface area contributed by atoms with E-state index in [1.54, 1.807) is 25.3 Å². The van der Waals surface area contributed by atoms with Gasteiger partial charge >= 0.3 is 0 Å². The zero-order chi connectivity index (χ0) is 16.2. The summed E-state index contributed by atoms with van der Waals surface area (Å²) in [5.74, 6) is 1.23. The topological polar surface area (TPSA) is 76.4 Å². The van der Waals surface area contributed by atoms with Gasteiger partial charge in [0, 0.05) is 24.5 Å². The Morgan fingerprint density at radius 2 is 2.08 bits per heavy atom. The molecule has 1 aromatic carbocycles. The molecule has 138 valence electrons. The number of carbonyl (C=O) groups excluding carboxylic acids is 1. The normalized spacial score (nSPS) is 15.3. The van der Waals surface area contributed by atoms with Gasteiger partial charge < -0.3 is 21.1 Å². The van der Waals surface area contributed by atoms with Crippen LogP contribution in [0.1, 0.15) is 26.2 Å². The lowest BCUT2D eigenvalue weighted by Gasteiger charge is -2.29. The molecule has 24 heavy (non-hydrogen) atoms. The second-order valence-electron chi connectivity index (χ2n) is 5.97. The quantitative estimate of drug-likeness (QED) is 0.628. The van der Waals surface area contributed by atoms with Crippen LogP contribution in [0.4, 0.5) is 5.69 Å². The average Bonchev–Trinajstić information content (AvgIpc) is 3.32. The smallest absolute Gasteiger partial charge is 0.222 e. The Morgan fingerprint density at radius 3 is 2.62 bits per heavy atom. The van der Waals surface area contributed by atoms with Crippen molar-refractivity contribution in [3.05, 3.63) is 23.2 Å². The first kappa shape index (κ1) is 23.1. The van der Waals surface area contributed by atoms with Crippen LogP contribution in [0.5, 0.6) is 5.75 Å². The molecule has 1 aliphatic carbocycles. The van der Waals surface area contributed by atoms with Crippen LogP contribution in [0.25, 0.3) is 0 Å². The number of methoxy groups -OCH3 is 1. The second-order valence-corrected chi connectivity index (χ2v) is 6.40. The SMILES string of the molecule is COc1ccc(Cl)cc1NCCC(=O)NC(C)(CN)C1CC1.Cl.Cl. The van der Waals surface area contributed by atoms with Gasteiger partial charge in [0.15, 0.2) is 0 Å². The summed E-state index contributed by atoms with van der Waals surface area (Å²) in [7, 11) is 1.60. The van der Waals surface area contributed by atoms with Gasteiger partial charge in [0.2, 0.25) is 5.91 Å². The maximum atomic E-state index is 12.1. The molecule has 1 aromatic rings. The Hall–Kier alpha value is -0.880. The van der Waals surface area contributed by atoms with Gasteiger partial charge in [-0.2, -0.15) is 0 Å². The Kier molecular flexibility index (Phi) is 9.81. The number of halogens is 3. The number of nitrogens with one attached hydrogen (secondary N) is 2. The van der Waals surface area contributed by atoms with E-state index in [-0.39, 0.29) is 36.3 Å². The molecule has 0 spiro atoms. The minimum absolute atomic E-state index is 0. The van der Waals surface area contributed by atoms with E-state index in [0.717, 1.165) is 18.5 Å². The Morgan fingerprint density at radius 1 is 1.42 bits per heavy atom. The zero-order valence-electron chi connectivity index (χ0n) is 13.9.